The smallest absolute Gasteiger partial charge is 0.255 e. The molecule has 5 nitrogen and oxygen atoms in total. The van der Waals surface area contributed by atoms with E-state index in [4.69, 9.17) is 4.52 Å². The molecule has 1 aliphatic heterocycles. The molecule has 0 bridgehead atoms. The minimum absolute atomic E-state index is 0.00227. The van der Waals surface area contributed by atoms with Crippen molar-refractivity contribution < 1.29 is 13.7 Å². The van der Waals surface area contributed by atoms with E-state index >= 15 is 0 Å². The number of rotatable bonds is 3. The van der Waals surface area contributed by atoms with Crippen molar-refractivity contribution in [1.82, 2.24) is 15.0 Å². The summed E-state index contributed by atoms with van der Waals surface area (Å²) in [6, 6.07) is 8.08. The van der Waals surface area contributed by atoms with E-state index in [1.54, 1.807) is 23.5 Å². The highest BCUT2D eigenvalue weighted by Gasteiger charge is 2.30. The van der Waals surface area contributed by atoms with E-state index in [9.17, 15) is 9.18 Å². The van der Waals surface area contributed by atoms with Crippen molar-refractivity contribution in [2.45, 2.75) is 32.6 Å². The number of aryl methyl sites for hydroxylation is 2. The molecule has 1 aromatic carbocycles. The molecule has 1 atom stereocenters. The number of aromatic nitrogens is 2. The monoisotopic (exact) mass is 385 g/mol. The number of likely N-dealkylation sites (tertiary alicyclic amines) is 1. The van der Waals surface area contributed by atoms with Crippen LogP contribution in [0.1, 0.15) is 44.8 Å². The highest BCUT2D eigenvalue weighted by Crippen LogP contribution is 2.30. The minimum Gasteiger partial charge on any atom is -0.339 e. The van der Waals surface area contributed by atoms with Crippen LogP contribution in [0.5, 0.6) is 0 Å². The lowest BCUT2D eigenvalue weighted by Crippen LogP contribution is -2.39. The van der Waals surface area contributed by atoms with Gasteiger partial charge in [-0.1, -0.05) is 17.3 Å². The van der Waals surface area contributed by atoms with Crippen LogP contribution >= 0.6 is 11.3 Å². The van der Waals surface area contributed by atoms with E-state index in [1.165, 1.54) is 12.1 Å². The lowest BCUT2D eigenvalue weighted by Gasteiger charge is -2.31. The van der Waals surface area contributed by atoms with Crippen molar-refractivity contribution >= 4 is 17.2 Å². The Morgan fingerprint density at radius 3 is 2.93 bits per heavy atom. The molecule has 3 aromatic rings. The molecule has 1 fully saturated rings. The first-order valence-corrected chi connectivity index (χ1v) is 9.79. The SMILES string of the molecule is Cc1cc(C(=O)N2CCCC(c3nc(-c4cccc(F)c4)no3)C2)c(C)s1. The van der Waals surface area contributed by atoms with Crippen molar-refractivity contribution in [2.75, 3.05) is 13.1 Å². The molecule has 1 saturated heterocycles. The van der Waals surface area contributed by atoms with Gasteiger partial charge in [-0.3, -0.25) is 4.79 Å². The second-order valence-corrected chi connectivity index (χ2v) is 8.34. The highest BCUT2D eigenvalue weighted by atomic mass is 32.1. The molecular formula is C20H20FN3O2S. The van der Waals surface area contributed by atoms with Gasteiger partial charge in [0.15, 0.2) is 0 Å². The Balaban J connectivity index is 1.52. The lowest BCUT2D eigenvalue weighted by atomic mass is 9.97. The third-order valence-corrected chi connectivity index (χ3v) is 5.82. The summed E-state index contributed by atoms with van der Waals surface area (Å²) in [7, 11) is 0. The number of thiophene rings is 1. The first kappa shape index (κ1) is 17.9. The number of amides is 1. The molecule has 27 heavy (non-hydrogen) atoms. The zero-order valence-corrected chi connectivity index (χ0v) is 16.1. The summed E-state index contributed by atoms with van der Waals surface area (Å²) in [4.78, 5) is 21.4. The van der Waals surface area contributed by atoms with Crippen LogP contribution in [0, 0.1) is 19.7 Å². The molecule has 2 aromatic heterocycles. The topological polar surface area (TPSA) is 59.2 Å². The first-order valence-electron chi connectivity index (χ1n) is 8.97. The zero-order valence-electron chi connectivity index (χ0n) is 15.2. The molecule has 1 amide bonds. The Hall–Kier alpha value is -2.54. The first-order chi connectivity index (χ1) is 13.0. The van der Waals surface area contributed by atoms with Gasteiger partial charge in [0, 0.05) is 28.4 Å². The van der Waals surface area contributed by atoms with E-state index in [0.29, 0.717) is 23.8 Å². The van der Waals surface area contributed by atoms with Crippen molar-refractivity contribution in [1.29, 1.82) is 0 Å². The second-order valence-electron chi connectivity index (χ2n) is 6.88. The molecule has 7 heteroatoms. The standard InChI is InChI=1S/C20H20FN3O2S/c1-12-9-17(13(2)27-12)20(25)24-8-4-6-15(11-24)19-22-18(23-26-19)14-5-3-7-16(21)10-14/h3,5,7,9-10,15H,4,6,8,11H2,1-2H3. The quantitative estimate of drug-likeness (QED) is 0.662. The molecule has 1 unspecified atom stereocenters. The molecular weight excluding hydrogens is 365 g/mol. The maximum absolute atomic E-state index is 13.4. The molecule has 0 radical (unpaired) electrons. The van der Waals surface area contributed by atoms with Crippen molar-refractivity contribution in [3.8, 4) is 11.4 Å². The number of halogens is 1. The van der Waals surface area contributed by atoms with Gasteiger partial charge in [0.25, 0.3) is 5.91 Å². The number of nitrogens with zero attached hydrogens (tertiary/aromatic N) is 3. The molecule has 4 rings (SSSR count). The lowest BCUT2D eigenvalue weighted by molar-refractivity contribution is 0.0695. The van der Waals surface area contributed by atoms with Crippen molar-refractivity contribution in [2.24, 2.45) is 0 Å². The van der Waals surface area contributed by atoms with Crippen LogP contribution in [0.25, 0.3) is 11.4 Å². The largest absolute Gasteiger partial charge is 0.339 e. The Bertz CT molecular complexity index is 981. The summed E-state index contributed by atoms with van der Waals surface area (Å²) in [6.07, 6.45) is 1.77. The molecule has 0 saturated carbocycles. The predicted molar refractivity (Wildman–Crippen MR) is 101 cm³/mol. The third kappa shape index (κ3) is 3.64. The molecule has 0 aliphatic carbocycles. The second kappa shape index (κ2) is 7.23. The maximum Gasteiger partial charge on any atom is 0.255 e. The van der Waals surface area contributed by atoms with Gasteiger partial charge in [-0.05, 0) is 44.9 Å². The minimum atomic E-state index is -0.338. The van der Waals surface area contributed by atoms with Crippen LogP contribution in [0.2, 0.25) is 0 Å². The van der Waals surface area contributed by atoms with Gasteiger partial charge in [-0.2, -0.15) is 4.98 Å². The van der Waals surface area contributed by atoms with Crippen LogP contribution in [-0.4, -0.2) is 34.0 Å². The van der Waals surface area contributed by atoms with Crippen LogP contribution in [0.15, 0.2) is 34.9 Å². The Labute approximate surface area is 160 Å². The van der Waals surface area contributed by atoms with Crippen molar-refractivity contribution in [3.05, 3.63) is 57.4 Å². The summed E-state index contributed by atoms with van der Waals surface area (Å²) >= 11 is 1.64. The van der Waals surface area contributed by atoms with Gasteiger partial charge in [-0.15, -0.1) is 11.3 Å². The van der Waals surface area contributed by atoms with Crippen LogP contribution in [0.4, 0.5) is 4.39 Å². The zero-order chi connectivity index (χ0) is 19.0. The third-order valence-electron chi connectivity index (χ3n) is 4.85. The Morgan fingerprint density at radius 2 is 2.19 bits per heavy atom. The fourth-order valence-corrected chi connectivity index (χ4v) is 4.44. The molecule has 0 N–H and O–H groups in total. The van der Waals surface area contributed by atoms with Gasteiger partial charge in [0.1, 0.15) is 5.82 Å². The molecule has 140 valence electrons. The van der Waals surface area contributed by atoms with Crippen LogP contribution < -0.4 is 0 Å². The number of benzene rings is 1. The van der Waals surface area contributed by atoms with E-state index < -0.39 is 0 Å². The summed E-state index contributed by atoms with van der Waals surface area (Å²) in [5.41, 5.74) is 1.36. The maximum atomic E-state index is 13.4. The molecule has 3 heterocycles. The number of carbonyl (C=O) groups excluding carboxylic acids is 1. The van der Waals surface area contributed by atoms with Gasteiger partial charge in [0.2, 0.25) is 11.7 Å². The van der Waals surface area contributed by atoms with Gasteiger partial charge >= 0.3 is 0 Å². The van der Waals surface area contributed by atoms with Gasteiger partial charge in [0.05, 0.1) is 11.5 Å². The predicted octanol–water partition coefficient (Wildman–Crippen LogP) is 4.57. The fraction of sp³-hybridized carbons (Fsp3) is 0.350. The number of carbonyl (C=O) groups is 1. The average Bonchev–Trinajstić information content (AvgIpc) is 3.28. The Morgan fingerprint density at radius 1 is 1.33 bits per heavy atom. The number of hydrogen-bond donors (Lipinski definition) is 0. The summed E-state index contributed by atoms with van der Waals surface area (Å²) in [5, 5.41) is 3.99. The summed E-state index contributed by atoms with van der Waals surface area (Å²) in [5.74, 6) is 0.598. The van der Waals surface area contributed by atoms with E-state index in [2.05, 4.69) is 10.1 Å². The van der Waals surface area contributed by atoms with Gasteiger partial charge < -0.3 is 9.42 Å². The van der Waals surface area contributed by atoms with E-state index in [0.717, 1.165) is 34.7 Å². The summed E-state index contributed by atoms with van der Waals surface area (Å²) < 4.78 is 18.9. The fourth-order valence-electron chi connectivity index (χ4n) is 3.52. The normalized spacial score (nSPS) is 17.3. The summed E-state index contributed by atoms with van der Waals surface area (Å²) in [6.45, 7) is 5.28. The Kier molecular flexibility index (Phi) is 4.78. The van der Waals surface area contributed by atoms with Gasteiger partial charge in [-0.25, -0.2) is 4.39 Å². The molecule has 0 spiro atoms. The van der Waals surface area contributed by atoms with Crippen LogP contribution in [0.3, 0.4) is 0 Å². The van der Waals surface area contributed by atoms with E-state index in [-0.39, 0.29) is 17.6 Å². The number of piperidine rings is 1. The van der Waals surface area contributed by atoms with Crippen LogP contribution in [-0.2, 0) is 0 Å². The van der Waals surface area contributed by atoms with E-state index in [1.807, 2.05) is 24.8 Å². The average molecular weight is 385 g/mol. The molecule has 1 aliphatic rings. The number of hydrogen-bond acceptors (Lipinski definition) is 5. The van der Waals surface area contributed by atoms with Crippen molar-refractivity contribution in [3.63, 3.8) is 0 Å². The highest BCUT2D eigenvalue weighted by molar-refractivity contribution is 7.12.